The fourth-order valence-corrected chi connectivity index (χ4v) is 7.98. The van der Waals surface area contributed by atoms with Crippen LogP contribution in [-0.4, -0.2) is 4.40 Å². The third-order valence-corrected chi connectivity index (χ3v) is 10.4. The molecule has 2 nitrogen and oxygen atoms in total. The van der Waals surface area contributed by atoms with Crippen molar-refractivity contribution in [2.45, 2.75) is 0 Å². The third kappa shape index (κ3) is 4.96. The number of anilines is 3. The first-order valence-electron chi connectivity index (χ1n) is 17.9. The molecule has 0 saturated heterocycles. The van der Waals surface area contributed by atoms with E-state index in [2.05, 4.69) is 216 Å². The first-order valence-corrected chi connectivity index (χ1v) is 17.9. The summed E-state index contributed by atoms with van der Waals surface area (Å²) in [5.74, 6) is 0. The van der Waals surface area contributed by atoms with Gasteiger partial charge in [0.2, 0.25) is 0 Å². The largest absolute Gasteiger partial charge is 0.315 e. The number of benzene rings is 8. The highest BCUT2D eigenvalue weighted by Gasteiger charge is 2.20. The molecule has 8 aromatic carbocycles. The van der Waals surface area contributed by atoms with Gasteiger partial charge in [0.1, 0.15) is 0 Å². The third-order valence-electron chi connectivity index (χ3n) is 10.4. The van der Waals surface area contributed by atoms with Crippen LogP contribution in [0.5, 0.6) is 0 Å². The Labute approximate surface area is 303 Å². The molecule has 0 spiro atoms. The molecule has 0 unspecified atom stereocenters. The maximum atomic E-state index is 2.40. The van der Waals surface area contributed by atoms with Crippen LogP contribution >= 0.6 is 0 Å². The van der Waals surface area contributed by atoms with Crippen LogP contribution in [0.25, 0.3) is 71.3 Å². The molecule has 0 amide bonds. The first-order chi connectivity index (χ1) is 25.8. The van der Waals surface area contributed by atoms with Crippen molar-refractivity contribution >= 4 is 55.0 Å². The quantitative estimate of drug-likeness (QED) is 0.161. The Balaban J connectivity index is 1.06. The molecule has 0 bridgehead atoms. The predicted octanol–water partition coefficient (Wildman–Crippen LogP) is 13.9. The maximum Gasteiger partial charge on any atom is 0.0620 e. The van der Waals surface area contributed by atoms with Gasteiger partial charge in [-0.15, -0.1) is 0 Å². The normalized spacial score (nSPS) is 11.5. The summed E-state index contributed by atoms with van der Waals surface area (Å²) in [6, 6.07) is 72.1. The van der Waals surface area contributed by atoms with E-state index < -0.39 is 0 Å². The summed E-state index contributed by atoms with van der Waals surface area (Å²) in [4.78, 5) is 2.29. The van der Waals surface area contributed by atoms with Crippen molar-refractivity contribution in [2.75, 3.05) is 4.90 Å². The highest BCUT2D eigenvalue weighted by molar-refractivity contribution is 6.30. The monoisotopic (exact) mass is 662 g/mol. The number of fused-ring (bicyclic) bond motifs is 8. The van der Waals surface area contributed by atoms with E-state index in [1.54, 1.807) is 0 Å². The molecule has 0 saturated carbocycles. The Hall–Kier alpha value is -6.90. The van der Waals surface area contributed by atoms with Crippen molar-refractivity contribution in [3.05, 3.63) is 206 Å². The minimum absolute atomic E-state index is 1.13. The molecular formula is C50H34N2. The molecule has 0 aliphatic heterocycles. The molecule has 0 N–H and O–H groups in total. The number of hydrogen-bond donors (Lipinski definition) is 0. The Morgan fingerprint density at radius 3 is 1.37 bits per heavy atom. The summed E-state index contributed by atoms with van der Waals surface area (Å²) in [6.07, 6.45) is 2.26. The molecule has 2 heteroatoms. The average Bonchev–Trinajstić information content (AvgIpc) is 3.58. The molecular weight excluding hydrogens is 629 g/mol. The minimum atomic E-state index is 1.13. The van der Waals surface area contributed by atoms with E-state index in [4.69, 9.17) is 0 Å². The lowest BCUT2D eigenvalue weighted by molar-refractivity contribution is 1.26. The second kappa shape index (κ2) is 12.5. The minimum Gasteiger partial charge on any atom is -0.315 e. The first kappa shape index (κ1) is 30.0. The molecule has 0 fully saturated rings. The number of rotatable bonds is 6. The van der Waals surface area contributed by atoms with Crippen molar-refractivity contribution < 1.29 is 0 Å². The van der Waals surface area contributed by atoms with Crippen LogP contribution in [0.4, 0.5) is 17.1 Å². The van der Waals surface area contributed by atoms with Crippen molar-refractivity contribution in [3.8, 4) is 33.4 Å². The van der Waals surface area contributed by atoms with Gasteiger partial charge in [0, 0.05) is 39.6 Å². The fourth-order valence-electron chi connectivity index (χ4n) is 7.98. The summed E-state index contributed by atoms with van der Waals surface area (Å²) in [5.41, 5.74) is 13.1. The predicted molar refractivity (Wildman–Crippen MR) is 221 cm³/mol. The van der Waals surface area contributed by atoms with E-state index >= 15 is 0 Å². The molecule has 0 aliphatic carbocycles. The van der Waals surface area contributed by atoms with Crippen molar-refractivity contribution in [3.63, 3.8) is 0 Å². The van der Waals surface area contributed by atoms with Gasteiger partial charge in [-0.25, -0.2) is 0 Å². The Morgan fingerprint density at radius 1 is 0.327 bits per heavy atom. The lowest BCUT2D eigenvalue weighted by Gasteiger charge is -2.25. The SMILES string of the molecule is c1ccc(-c2c3c4ccccc4c4ccccc4c3n3ccc(-c4ccc(-c5ccc(N(c6ccccc6)c6ccccc6)cc5)cc4)cc23)cc1. The topological polar surface area (TPSA) is 7.65 Å². The molecule has 2 heterocycles. The standard InChI is InChI=1S/C50H34N2/c1-4-14-38(15-5-1)48-47-34-39(32-33-51(47)50-46-23-13-11-21-44(46)43-20-10-12-22-45(43)49(48)50)37-26-24-35(25-27-37)36-28-30-42(31-29-36)52(40-16-6-2-7-17-40)41-18-8-3-9-19-41/h1-34H. The van der Waals surface area contributed by atoms with Gasteiger partial charge in [0.05, 0.1) is 11.0 Å². The number of aromatic nitrogens is 1. The van der Waals surface area contributed by atoms with Crippen LogP contribution in [0.2, 0.25) is 0 Å². The van der Waals surface area contributed by atoms with E-state index in [-0.39, 0.29) is 0 Å². The zero-order chi connectivity index (χ0) is 34.4. The second-order valence-corrected chi connectivity index (χ2v) is 13.4. The molecule has 2 aromatic heterocycles. The lowest BCUT2D eigenvalue weighted by Crippen LogP contribution is -2.09. The molecule has 0 radical (unpaired) electrons. The van der Waals surface area contributed by atoms with Crippen molar-refractivity contribution in [2.24, 2.45) is 0 Å². The molecule has 0 aliphatic rings. The summed E-state index contributed by atoms with van der Waals surface area (Å²) >= 11 is 0. The van der Waals surface area contributed by atoms with Crippen molar-refractivity contribution in [1.29, 1.82) is 0 Å². The van der Waals surface area contributed by atoms with E-state index in [0.717, 1.165) is 17.1 Å². The van der Waals surface area contributed by atoms with Crippen LogP contribution < -0.4 is 4.90 Å². The van der Waals surface area contributed by atoms with Gasteiger partial charge >= 0.3 is 0 Å². The Kier molecular flexibility index (Phi) is 7.18. The fraction of sp³-hybridized carbons (Fsp3) is 0. The number of para-hydroxylation sites is 2. The second-order valence-electron chi connectivity index (χ2n) is 13.4. The lowest BCUT2D eigenvalue weighted by atomic mass is 9.93. The maximum absolute atomic E-state index is 2.40. The molecule has 10 aromatic rings. The Bertz CT molecular complexity index is 2820. The van der Waals surface area contributed by atoms with Crippen LogP contribution in [0.1, 0.15) is 0 Å². The van der Waals surface area contributed by atoms with E-state index in [1.807, 2.05) is 0 Å². The zero-order valence-electron chi connectivity index (χ0n) is 28.5. The van der Waals surface area contributed by atoms with Gasteiger partial charge in [0.15, 0.2) is 0 Å². The smallest absolute Gasteiger partial charge is 0.0620 e. The summed E-state index contributed by atoms with van der Waals surface area (Å²) < 4.78 is 2.40. The molecule has 52 heavy (non-hydrogen) atoms. The summed E-state index contributed by atoms with van der Waals surface area (Å²) in [6.45, 7) is 0. The van der Waals surface area contributed by atoms with E-state index in [0.29, 0.717) is 0 Å². The number of pyridine rings is 1. The van der Waals surface area contributed by atoms with Gasteiger partial charge in [-0.05, 0) is 92.5 Å². The average molecular weight is 663 g/mol. The van der Waals surface area contributed by atoms with Gasteiger partial charge < -0.3 is 9.30 Å². The van der Waals surface area contributed by atoms with Gasteiger partial charge in [-0.3, -0.25) is 0 Å². The van der Waals surface area contributed by atoms with Crippen LogP contribution in [-0.2, 0) is 0 Å². The number of nitrogens with zero attached hydrogens (tertiary/aromatic N) is 2. The molecule has 0 atom stereocenters. The van der Waals surface area contributed by atoms with Crippen LogP contribution in [0.3, 0.4) is 0 Å². The van der Waals surface area contributed by atoms with E-state index in [1.165, 1.54) is 71.3 Å². The number of hydrogen-bond acceptors (Lipinski definition) is 1. The Morgan fingerprint density at radius 2 is 0.769 bits per heavy atom. The zero-order valence-corrected chi connectivity index (χ0v) is 28.5. The van der Waals surface area contributed by atoms with Crippen LogP contribution in [0, 0.1) is 0 Å². The van der Waals surface area contributed by atoms with E-state index in [9.17, 15) is 0 Å². The van der Waals surface area contributed by atoms with Crippen LogP contribution in [0.15, 0.2) is 206 Å². The van der Waals surface area contributed by atoms with Gasteiger partial charge in [-0.1, -0.05) is 152 Å². The molecule has 244 valence electrons. The highest BCUT2D eigenvalue weighted by atomic mass is 15.1. The summed E-state index contributed by atoms with van der Waals surface area (Å²) in [5, 5.41) is 6.42. The molecule has 10 rings (SSSR count). The van der Waals surface area contributed by atoms with Gasteiger partial charge in [-0.2, -0.15) is 0 Å². The highest BCUT2D eigenvalue weighted by Crippen LogP contribution is 2.45. The van der Waals surface area contributed by atoms with Gasteiger partial charge in [0.25, 0.3) is 0 Å². The summed E-state index contributed by atoms with van der Waals surface area (Å²) in [7, 11) is 0. The van der Waals surface area contributed by atoms with Crippen molar-refractivity contribution in [1.82, 2.24) is 4.40 Å².